The van der Waals surface area contributed by atoms with Gasteiger partial charge in [0, 0.05) is 5.56 Å². The molecule has 0 bridgehead atoms. The standard InChI is InChI=1S/C11H10N2OS2/c1-15-9-7-12-11(16-9)13-10(14)8-5-3-2-4-6-8/h2-7H,1H3,(H,12,13,14). The van der Waals surface area contributed by atoms with Crippen LogP contribution in [0.1, 0.15) is 10.4 Å². The summed E-state index contributed by atoms with van der Waals surface area (Å²) in [4.78, 5) is 15.9. The number of benzene rings is 1. The van der Waals surface area contributed by atoms with Crippen molar-refractivity contribution in [1.29, 1.82) is 0 Å². The van der Waals surface area contributed by atoms with E-state index in [1.807, 2.05) is 24.5 Å². The first-order valence-corrected chi connectivity index (χ1v) is 6.70. The molecule has 2 rings (SSSR count). The van der Waals surface area contributed by atoms with Crippen LogP contribution in [-0.4, -0.2) is 17.1 Å². The fourth-order valence-electron chi connectivity index (χ4n) is 1.17. The second-order valence-corrected chi connectivity index (χ2v) is 5.15. The van der Waals surface area contributed by atoms with Crippen molar-refractivity contribution in [3.05, 3.63) is 42.1 Å². The first-order chi connectivity index (χ1) is 7.79. The highest BCUT2D eigenvalue weighted by Gasteiger charge is 2.07. The molecule has 2 aromatic rings. The van der Waals surface area contributed by atoms with E-state index in [1.54, 1.807) is 30.1 Å². The van der Waals surface area contributed by atoms with Crippen molar-refractivity contribution in [1.82, 2.24) is 4.98 Å². The molecule has 0 aliphatic heterocycles. The number of thiazole rings is 1. The van der Waals surface area contributed by atoms with Crippen LogP contribution in [-0.2, 0) is 0 Å². The van der Waals surface area contributed by atoms with Crippen molar-refractivity contribution >= 4 is 34.1 Å². The Hall–Kier alpha value is -1.33. The summed E-state index contributed by atoms with van der Waals surface area (Å²) in [6, 6.07) is 9.11. The Labute approximate surface area is 102 Å². The largest absolute Gasteiger partial charge is 0.298 e. The van der Waals surface area contributed by atoms with Gasteiger partial charge in [0.2, 0.25) is 0 Å². The summed E-state index contributed by atoms with van der Waals surface area (Å²) >= 11 is 3.09. The number of hydrogen-bond acceptors (Lipinski definition) is 4. The Morgan fingerprint density at radius 1 is 1.38 bits per heavy atom. The van der Waals surface area contributed by atoms with Gasteiger partial charge in [-0.3, -0.25) is 10.1 Å². The van der Waals surface area contributed by atoms with Crippen molar-refractivity contribution < 1.29 is 4.79 Å². The topological polar surface area (TPSA) is 42.0 Å². The van der Waals surface area contributed by atoms with Gasteiger partial charge in [-0.25, -0.2) is 4.98 Å². The number of hydrogen-bond donors (Lipinski definition) is 1. The molecular formula is C11H10N2OS2. The molecule has 16 heavy (non-hydrogen) atoms. The minimum atomic E-state index is -0.123. The van der Waals surface area contributed by atoms with Crippen LogP contribution >= 0.6 is 23.1 Å². The lowest BCUT2D eigenvalue weighted by atomic mass is 10.2. The monoisotopic (exact) mass is 250 g/mol. The highest BCUT2D eigenvalue weighted by molar-refractivity contribution is 8.00. The van der Waals surface area contributed by atoms with E-state index in [9.17, 15) is 4.79 Å². The third kappa shape index (κ3) is 2.62. The molecule has 0 saturated carbocycles. The van der Waals surface area contributed by atoms with Crippen LogP contribution < -0.4 is 5.32 Å². The molecule has 0 aliphatic rings. The SMILES string of the molecule is CSc1cnc(NC(=O)c2ccccc2)s1. The molecule has 0 unspecified atom stereocenters. The summed E-state index contributed by atoms with van der Waals surface area (Å²) in [5.41, 5.74) is 0.642. The maximum atomic E-state index is 11.8. The van der Waals surface area contributed by atoms with E-state index in [-0.39, 0.29) is 5.91 Å². The maximum absolute atomic E-state index is 11.8. The van der Waals surface area contributed by atoms with Crippen molar-refractivity contribution in [2.75, 3.05) is 11.6 Å². The second-order valence-electron chi connectivity index (χ2n) is 3.01. The Morgan fingerprint density at radius 2 is 2.12 bits per heavy atom. The number of nitrogens with zero attached hydrogens (tertiary/aromatic N) is 1. The average molecular weight is 250 g/mol. The molecule has 1 aromatic heterocycles. The van der Waals surface area contributed by atoms with Crippen LogP contribution in [0, 0.1) is 0 Å². The minimum absolute atomic E-state index is 0.123. The van der Waals surface area contributed by atoms with Crippen molar-refractivity contribution in [2.24, 2.45) is 0 Å². The summed E-state index contributed by atoms with van der Waals surface area (Å²) in [5, 5.41) is 3.41. The van der Waals surface area contributed by atoms with Gasteiger partial charge < -0.3 is 0 Å². The first-order valence-electron chi connectivity index (χ1n) is 4.66. The van der Waals surface area contributed by atoms with E-state index < -0.39 is 0 Å². The molecule has 0 saturated heterocycles. The maximum Gasteiger partial charge on any atom is 0.257 e. The van der Waals surface area contributed by atoms with Gasteiger partial charge in [0.05, 0.1) is 10.4 Å². The molecule has 5 heteroatoms. The molecule has 0 radical (unpaired) electrons. The number of amides is 1. The number of anilines is 1. The zero-order chi connectivity index (χ0) is 11.4. The van der Waals surface area contributed by atoms with Gasteiger partial charge in [0.15, 0.2) is 5.13 Å². The quantitative estimate of drug-likeness (QED) is 0.851. The van der Waals surface area contributed by atoms with Crippen molar-refractivity contribution in [3.63, 3.8) is 0 Å². The normalized spacial score (nSPS) is 10.1. The zero-order valence-corrected chi connectivity index (χ0v) is 10.3. The van der Waals surface area contributed by atoms with Crippen LogP contribution in [0.5, 0.6) is 0 Å². The Morgan fingerprint density at radius 3 is 2.75 bits per heavy atom. The van der Waals surface area contributed by atoms with Crippen molar-refractivity contribution in [2.45, 2.75) is 4.21 Å². The number of carbonyl (C=O) groups is 1. The van der Waals surface area contributed by atoms with Gasteiger partial charge in [0.1, 0.15) is 0 Å². The van der Waals surface area contributed by atoms with E-state index in [1.165, 1.54) is 11.3 Å². The van der Waals surface area contributed by atoms with Crippen LogP contribution in [0.2, 0.25) is 0 Å². The van der Waals surface area contributed by atoms with E-state index in [0.29, 0.717) is 10.7 Å². The van der Waals surface area contributed by atoms with Crippen LogP contribution in [0.15, 0.2) is 40.7 Å². The molecule has 1 N–H and O–H groups in total. The molecule has 0 fully saturated rings. The Balaban J connectivity index is 2.08. The van der Waals surface area contributed by atoms with E-state index in [4.69, 9.17) is 0 Å². The van der Waals surface area contributed by atoms with Gasteiger partial charge in [-0.05, 0) is 18.4 Å². The number of nitrogens with one attached hydrogen (secondary N) is 1. The van der Waals surface area contributed by atoms with Gasteiger partial charge in [-0.2, -0.15) is 0 Å². The second kappa shape index (κ2) is 5.14. The van der Waals surface area contributed by atoms with Gasteiger partial charge >= 0.3 is 0 Å². The number of thioether (sulfide) groups is 1. The highest BCUT2D eigenvalue weighted by atomic mass is 32.2. The minimum Gasteiger partial charge on any atom is -0.298 e. The Bertz CT molecular complexity index is 482. The third-order valence-corrected chi connectivity index (χ3v) is 3.91. The number of aromatic nitrogens is 1. The molecule has 1 heterocycles. The van der Waals surface area contributed by atoms with E-state index in [0.717, 1.165) is 4.21 Å². The number of carbonyl (C=O) groups excluding carboxylic acids is 1. The summed E-state index contributed by atoms with van der Waals surface area (Å²) in [7, 11) is 0. The van der Waals surface area contributed by atoms with Crippen LogP contribution in [0.3, 0.4) is 0 Å². The molecule has 1 amide bonds. The van der Waals surface area contributed by atoms with Gasteiger partial charge in [0.25, 0.3) is 5.91 Å². The fraction of sp³-hybridized carbons (Fsp3) is 0.0909. The molecule has 1 aromatic carbocycles. The summed E-state index contributed by atoms with van der Waals surface area (Å²) in [6.45, 7) is 0. The summed E-state index contributed by atoms with van der Waals surface area (Å²) in [5.74, 6) is -0.123. The smallest absolute Gasteiger partial charge is 0.257 e. The fourth-order valence-corrected chi connectivity index (χ4v) is 2.44. The predicted octanol–water partition coefficient (Wildman–Crippen LogP) is 3.12. The van der Waals surface area contributed by atoms with E-state index >= 15 is 0 Å². The van der Waals surface area contributed by atoms with Crippen LogP contribution in [0.25, 0.3) is 0 Å². The predicted molar refractivity (Wildman–Crippen MR) is 68.3 cm³/mol. The summed E-state index contributed by atoms with van der Waals surface area (Å²) in [6.07, 6.45) is 3.74. The molecular weight excluding hydrogens is 240 g/mol. The molecule has 0 atom stereocenters. The van der Waals surface area contributed by atoms with Crippen LogP contribution in [0.4, 0.5) is 5.13 Å². The first kappa shape index (κ1) is 11.2. The van der Waals surface area contributed by atoms with Gasteiger partial charge in [-0.15, -0.1) is 11.8 Å². The lowest BCUT2D eigenvalue weighted by Gasteiger charge is -2.00. The zero-order valence-electron chi connectivity index (χ0n) is 8.64. The van der Waals surface area contributed by atoms with Crippen molar-refractivity contribution in [3.8, 4) is 0 Å². The molecule has 0 spiro atoms. The molecule has 3 nitrogen and oxygen atoms in total. The summed E-state index contributed by atoms with van der Waals surface area (Å²) < 4.78 is 1.09. The third-order valence-electron chi connectivity index (χ3n) is 1.94. The lowest BCUT2D eigenvalue weighted by molar-refractivity contribution is 0.102. The molecule has 82 valence electrons. The highest BCUT2D eigenvalue weighted by Crippen LogP contribution is 2.26. The average Bonchev–Trinajstić information content (AvgIpc) is 2.78. The van der Waals surface area contributed by atoms with E-state index in [2.05, 4.69) is 10.3 Å². The number of rotatable bonds is 3. The lowest BCUT2D eigenvalue weighted by Crippen LogP contribution is -2.11. The Kier molecular flexibility index (Phi) is 3.58. The molecule has 0 aliphatic carbocycles. The van der Waals surface area contributed by atoms with Gasteiger partial charge in [-0.1, -0.05) is 29.5 Å².